The summed E-state index contributed by atoms with van der Waals surface area (Å²) in [5, 5.41) is 0. The smallest absolute Gasteiger partial charge is 0.308 e. The Kier molecular flexibility index (Phi) is 45.7. The van der Waals surface area contributed by atoms with Crippen LogP contribution in [0, 0.1) is 11.8 Å². The summed E-state index contributed by atoms with van der Waals surface area (Å²) in [5.41, 5.74) is 0. The highest BCUT2D eigenvalue weighted by Gasteiger charge is 2.23. The molecule has 63 heavy (non-hydrogen) atoms. The fourth-order valence-corrected chi connectivity index (χ4v) is 9.16. The Morgan fingerprint density at radius 1 is 0.365 bits per heavy atom. The quantitative estimate of drug-likeness (QED) is 0.0447. The van der Waals surface area contributed by atoms with Crippen molar-refractivity contribution in [2.24, 2.45) is 11.8 Å². The van der Waals surface area contributed by atoms with E-state index in [1.807, 2.05) is 0 Å². The molecular formula is C56H110N2O5. The van der Waals surface area contributed by atoms with Crippen molar-refractivity contribution in [2.45, 2.75) is 291 Å². The first-order chi connectivity index (χ1) is 30.7. The second kappa shape index (κ2) is 46.9. The van der Waals surface area contributed by atoms with Crippen molar-refractivity contribution in [1.29, 1.82) is 0 Å². The van der Waals surface area contributed by atoms with Crippen LogP contribution in [0.5, 0.6) is 0 Å². The van der Waals surface area contributed by atoms with Gasteiger partial charge < -0.3 is 19.3 Å². The highest BCUT2D eigenvalue weighted by atomic mass is 16.5. The van der Waals surface area contributed by atoms with E-state index in [9.17, 15) is 14.4 Å². The van der Waals surface area contributed by atoms with Gasteiger partial charge in [-0.05, 0) is 84.8 Å². The van der Waals surface area contributed by atoms with E-state index in [2.05, 4.69) is 58.5 Å². The highest BCUT2D eigenvalue weighted by Crippen LogP contribution is 2.23. The van der Waals surface area contributed by atoms with Gasteiger partial charge in [-0.3, -0.25) is 14.4 Å². The predicted octanol–water partition coefficient (Wildman–Crippen LogP) is 16.4. The molecular weight excluding hydrogens is 781 g/mol. The fraction of sp³-hybridized carbons (Fsp3) is 0.946. The first kappa shape index (κ1) is 61.4. The molecule has 7 nitrogen and oxygen atoms in total. The molecule has 7 heteroatoms. The zero-order valence-electron chi connectivity index (χ0n) is 43.6. The molecule has 1 amide bonds. The number of rotatable bonds is 49. The van der Waals surface area contributed by atoms with E-state index < -0.39 is 0 Å². The topological polar surface area (TPSA) is 76.2 Å². The van der Waals surface area contributed by atoms with Crippen LogP contribution in [-0.2, 0) is 23.9 Å². The molecule has 0 aromatic rings. The van der Waals surface area contributed by atoms with Crippen LogP contribution in [0.2, 0.25) is 0 Å². The minimum absolute atomic E-state index is 0.0424. The van der Waals surface area contributed by atoms with Gasteiger partial charge in [-0.15, -0.1) is 0 Å². The third kappa shape index (κ3) is 38.2. The number of carbonyl (C=O) groups excluding carboxylic acids is 3. The largest absolute Gasteiger partial charge is 0.465 e. The summed E-state index contributed by atoms with van der Waals surface area (Å²) in [7, 11) is 4.28. The van der Waals surface area contributed by atoms with E-state index in [-0.39, 0.29) is 23.8 Å². The number of ether oxygens (including phenoxy) is 2. The average Bonchev–Trinajstić information content (AvgIpc) is 3.27. The monoisotopic (exact) mass is 891 g/mol. The summed E-state index contributed by atoms with van der Waals surface area (Å²) in [6, 6.07) is 0.347. The van der Waals surface area contributed by atoms with Crippen LogP contribution >= 0.6 is 0 Å². The summed E-state index contributed by atoms with van der Waals surface area (Å²) in [6.07, 6.45) is 44.5. The molecule has 0 aliphatic heterocycles. The third-order valence-corrected chi connectivity index (χ3v) is 13.4. The summed E-state index contributed by atoms with van der Waals surface area (Å²) in [4.78, 5) is 44.1. The van der Waals surface area contributed by atoms with Crippen molar-refractivity contribution in [3.05, 3.63) is 0 Å². The molecule has 0 aromatic heterocycles. The lowest BCUT2D eigenvalue weighted by atomic mass is 9.95. The molecule has 3 unspecified atom stereocenters. The second-order valence-corrected chi connectivity index (χ2v) is 19.8. The Morgan fingerprint density at radius 3 is 1.14 bits per heavy atom. The van der Waals surface area contributed by atoms with Crippen molar-refractivity contribution >= 4 is 17.8 Å². The standard InChI is InChI=1S/C56H110N2O5/c1-8-13-18-20-29-36-46-54(59)58(48-39-47-57(6)7)53(44-34-27-23-21-25-30-37-49-62-55(60)51(40-16-11-4)42-32-15-10-3)45-35-28-24-22-26-31-38-50-63-56(61)52(41-17-12-5)43-33-19-14-9-2/h51-53H,8-50H2,1-7H3. The zero-order chi connectivity index (χ0) is 46.4. The first-order valence-corrected chi connectivity index (χ1v) is 28.0. The minimum atomic E-state index is 0.0424. The average molecular weight is 892 g/mol. The summed E-state index contributed by atoms with van der Waals surface area (Å²) >= 11 is 0. The number of carbonyl (C=O) groups is 3. The molecule has 0 spiro atoms. The van der Waals surface area contributed by atoms with Gasteiger partial charge in [0.05, 0.1) is 25.0 Å². The molecule has 0 rings (SSSR count). The summed E-state index contributed by atoms with van der Waals surface area (Å²) in [5.74, 6) is 0.663. The molecule has 0 N–H and O–H groups in total. The van der Waals surface area contributed by atoms with Crippen molar-refractivity contribution in [3.63, 3.8) is 0 Å². The Morgan fingerprint density at radius 2 is 0.698 bits per heavy atom. The molecule has 0 fully saturated rings. The molecule has 0 saturated heterocycles. The van der Waals surface area contributed by atoms with Crippen LogP contribution in [0.15, 0.2) is 0 Å². The van der Waals surface area contributed by atoms with E-state index >= 15 is 0 Å². The van der Waals surface area contributed by atoms with Gasteiger partial charge in [-0.2, -0.15) is 0 Å². The lowest BCUT2D eigenvalue weighted by Gasteiger charge is -2.33. The van der Waals surface area contributed by atoms with E-state index in [0.29, 0.717) is 31.6 Å². The molecule has 0 aromatic carbocycles. The van der Waals surface area contributed by atoms with Gasteiger partial charge in [0.25, 0.3) is 0 Å². The molecule has 0 saturated carbocycles. The molecule has 0 bridgehead atoms. The Hall–Kier alpha value is -1.63. The number of esters is 2. The Bertz CT molecular complexity index is 1000. The van der Waals surface area contributed by atoms with Crippen molar-refractivity contribution < 1.29 is 23.9 Å². The Labute approximate surface area is 393 Å². The van der Waals surface area contributed by atoms with Gasteiger partial charge in [0.1, 0.15) is 0 Å². The van der Waals surface area contributed by atoms with Gasteiger partial charge >= 0.3 is 11.9 Å². The fourth-order valence-electron chi connectivity index (χ4n) is 9.16. The number of hydrogen-bond donors (Lipinski definition) is 0. The van der Waals surface area contributed by atoms with E-state index in [0.717, 1.165) is 129 Å². The van der Waals surface area contributed by atoms with Crippen molar-refractivity contribution in [1.82, 2.24) is 9.80 Å². The second-order valence-electron chi connectivity index (χ2n) is 19.8. The maximum Gasteiger partial charge on any atom is 0.308 e. The maximum atomic E-state index is 13.9. The lowest BCUT2D eigenvalue weighted by molar-refractivity contribution is -0.150. The first-order valence-electron chi connectivity index (χ1n) is 28.0. The third-order valence-electron chi connectivity index (χ3n) is 13.4. The van der Waals surface area contributed by atoms with Crippen LogP contribution < -0.4 is 0 Å². The number of amides is 1. The van der Waals surface area contributed by atoms with Gasteiger partial charge in [0.15, 0.2) is 0 Å². The molecule has 0 radical (unpaired) electrons. The predicted molar refractivity (Wildman–Crippen MR) is 271 cm³/mol. The van der Waals surface area contributed by atoms with Crippen LogP contribution in [0.25, 0.3) is 0 Å². The van der Waals surface area contributed by atoms with E-state index in [1.54, 1.807) is 0 Å². The van der Waals surface area contributed by atoms with Crippen molar-refractivity contribution in [2.75, 3.05) is 40.4 Å². The van der Waals surface area contributed by atoms with Gasteiger partial charge in [0.2, 0.25) is 5.91 Å². The SMILES string of the molecule is CCCCCCCCC(=O)N(CCCN(C)C)C(CCCCCCCCCOC(=O)C(CCCC)CCCCC)CCCCCCCCCOC(=O)C(CCCC)CCCCCC. The highest BCUT2D eigenvalue weighted by molar-refractivity contribution is 5.76. The molecule has 0 aliphatic carbocycles. The summed E-state index contributed by atoms with van der Waals surface area (Å²) in [6.45, 7) is 14.2. The minimum Gasteiger partial charge on any atom is -0.465 e. The van der Waals surface area contributed by atoms with Crippen molar-refractivity contribution in [3.8, 4) is 0 Å². The Balaban J connectivity index is 4.92. The van der Waals surface area contributed by atoms with Crippen LogP contribution in [0.3, 0.4) is 0 Å². The van der Waals surface area contributed by atoms with Gasteiger partial charge in [-0.25, -0.2) is 0 Å². The van der Waals surface area contributed by atoms with Gasteiger partial charge in [0, 0.05) is 19.0 Å². The van der Waals surface area contributed by atoms with Crippen LogP contribution in [-0.4, -0.2) is 74.1 Å². The van der Waals surface area contributed by atoms with E-state index in [4.69, 9.17) is 9.47 Å². The molecule has 0 aliphatic rings. The lowest BCUT2D eigenvalue weighted by Crippen LogP contribution is -2.41. The molecule has 3 atom stereocenters. The number of hydrogen-bond acceptors (Lipinski definition) is 6. The van der Waals surface area contributed by atoms with E-state index in [1.165, 1.54) is 128 Å². The zero-order valence-corrected chi connectivity index (χ0v) is 43.6. The maximum absolute atomic E-state index is 13.9. The summed E-state index contributed by atoms with van der Waals surface area (Å²) < 4.78 is 11.5. The van der Waals surface area contributed by atoms with Gasteiger partial charge in [-0.1, -0.05) is 214 Å². The number of unbranched alkanes of at least 4 members (excludes halogenated alkanes) is 24. The number of nitrogens with zero attached hydrogens (tertiary/aromatic N) is 2. The van der Waals surface area contributed by atoms with Crippen LogP contribution in [0.1, 0.15) is 285 Å². The normalized spacial score (nSPS) is 13.0. The molecule has 374 valence electrons. The molecule has 0 heterocycles. The van der Waals surface area contributed by atoms with Crippen LogP contribution in [0.4, 0.5) is 0 Å².